The molecule has 1 aromatic rings. The third-order valence-electron chi connectivity index (χ3n) is 6.86. The molecule has 3 aliphatic rings. The molecule has 3 atom stereocenters. The van der Waals surface area contributed by atoms with Gasteiger partial charge in [0.25, 0.3) is 0 Å². The number of rotatable bonds is 13. The Morgan fingerprint density at radius 1 is 1.32 bits per heavy atom. The summed E-state index contributed by atoms with van der Waals surface area (Å²) in [6.45, 7) is 11.4. The van der Waals surface area contributed by atoms with Crippen LogP contribution in [0.1, 0.15) is 32.1 Å². The zero-order chi connectivity index (χ0) is 27.1. The van der Waals surface area contributed by atoms with Crippen molar-refractivity contribution in [3.05, 3.63) is 37.3 Å². The molecular weight excluding hydrogens is 512 g/mol. The van der Waals surface area contributed by atoms with Crippen LogP contribution in [0.15, 0.2) is 37.3 Å². The summed E-state index contributed by atoms with van der Waals surface area (Å²) in [6, 6.07) is 1.28. The number of aromatic nitrogens is 2. The fourth-order valence-corrected chi connectivity index (χ4v) is 5.73. The standard InChI is InChI=1S/C25H36N6O6S/c1-3-18(14-22(32)30-38(34,35)20-4-5-20)6-8-26-24(33)21-15-19(16-28-21)17(2)37-23-7-9-27-25(29-23)31-10-12-36-13-11-31/h3,7,9,18-21,28H,1-2,4-6,8,10-16H2,(H,26,33)(H,30,32)/t18?,19?,21-/m0/s1. The molecule has 3 N–H and O–H groups in total. The molecule has 2 amide bonds. The quantitative estimate of drug-likeness (QED) is 0.235. The van der Waals surface area contributed by atoms with Crippen molar-refractivity contribution in [1.82, 2.24) is 25.3 Å². The summed E-state index contributed by atoms with van der Waals surface area (Å²) in [5, 5.41) is 5.64. The second kappa shape index (κ2) is 12.7. The first-order valence-corrected chi connectivity index (χ1v) is 14.5. The van der Waals surface area contributed by atoms with Gasteiger partial charge in [0.05, 0.1) is 24.5 Å². The molecule has 38 heavy (non-hydrogen) atoms. The minimum Gasteiger partial charge on any atom is -0.444 e. The number of carbonyl (C=O) groups is 2. The van der Waals surface area contributed by atoms with Crippen LogP contribution in [0.4, 0.5) is 5.95 Å². The van der Waals surface area contributed by atoms with Crippen molar-refractivity contribution in [3.63, 3.8) is 0 Å². The number of allylic oxidation sites excluding steroid dienone is 1. The first-order valence-electron chi connectivity index (χ1n) is 13.0. The molecule has 0 bridgehead atoms. The highest BCUT2D eigenvalue weighted by molar-refractivity contribution is 7.90. The maximum atomic E-state index is 12.7. The Labute approximate surface area is 223 Å². The highest BCUT2D eigenvalue weighted by Crippen LogP contribution is 2.28. The Morgan fingerprint density at radius 3 is 2.79 bits per heavy atom. The van der Waals surface area contributed by atoms with Crippen molar-refractivity contribution in [2.75, 3.05) is 44.3 Å². The fourth-order valence-electron chi connectivity index (χ4n) is 4.41. The highest BCUT2D eigenvalue weighted by atomic mass is 32.2. The second-order valence-electron chi connectivity index (χ2n) is 9.81. The maximum absolute atomic E-state index is 12.7. The maximum Gasteiger partial charge on any atom is 0.237 e. The van der Waals surface area contributed by atoms with E-state index in [0.29, 0.717) is 69.6 Å². The van der Waals surface area contributed by atoms with Gasteiger partial charge in [-0.25, -0.2) is 13.4 Å². The van der Waals surface area contributed by atoms with Crippen LogP contribution in [-0.4, -0.2) is 80.9 Å². The van der Waals surface area contributed by atoms with Crippen molar-refractivity contribution in [1.29, 1.82) is 0 Å². The first-order chi connectivity index (χ1) is 18.2. The second-order valence-corrected chi connectivity index (χ2v) is 11.8. The van der Waals surface area contributed by atoms with E-state index in [2.05, 4.69) is 38.5 Å². The molecule has 13 heteroatoms. The number of nitrogens with one attached hydrogen (secondary N) is 3. The van der Waals surface area contributed by atoms with Crippen molar-refractivity contribution in [3.8, 4) is 5.88 Å². The molecule has 3 heterocycles. The van der Waals surface area contributed by atoms with Gasteiger partial charge in [0, 0.05) is 50.8 Å². The molecule has 0 aromatic carbocycles. The molecule has 208 valence electrons. The molecule has 4 rings (SSSR count). The number of morpholine rings is 1. The molecular formula is C25H36N6O6S. The van der Waals surface area contributed by atoms with Gasteiger partial charge in [-0.2, -0.15) is 4.98 Å². The Balaban J connectivity index is 1.18. The van der Waals surface area contributed by atoms with Crippen molar-refractivity contribution in [2.24, 2.45) is 11.8 Å². The summed E-state index contributed by atoms with van der Waals surface area (Å²) < 4.78 is 37.3. The summed E-state index contributed by atoms with van der Waals surface area (Å²) in [4.78, 5) is 35.7. The molecule has 0 spiro atoms. The molecule has 1 aromatic heterocycles. The number of hydrogen-bond donors (Lipinski definition) is 3. The van der Waals surface area contributed by atoms with E-state index < -0.39 is 27.2 Å². The van der Waals surface area contributed by atoms with E-state index in [1.54, 1.807) is 18.3 Å². The third kappa shape index (κ3) is 7.74. The number of ether oxygens (including phenoxy) is 2. The van der Waals surface area contributed by atoms with E-state index in [0.717, 1.165) is 13.1 Å². The summed E-state index contributed by atoms with van der Waals surface area (Å²) in [6.07, 6.45) is 5.43. The molecule has 12 nitrogen and oxygen atoms in total. The zero-order valence-electron chi connectivity index (χ0n) is 21.4. The average molecular weight is 549 g/mol. The lowest BCUT2D eigenvalue weighted by Crippen LogP contribution is -2.41. The third-order valence-corrected chi connectivity index (χ3v) is 8.73. The van der Waals surface area contributed by atoms with Gasteiger partial charge < -0.3 is 25.0 Å². The van der Waals surface area contributed by atoms with Crippen LogP contribution >= 0.6 is 0 Å². The van der Waals surface area contributed by atoms with Gasteiger partial charge in [0.1, 0.15) is 5.76 Å². The normalized spacial score (nSPS) is 22.4. The molecule has 1 saturated carbocycles. The van der Waals surface area contributed by atoms with Crippen LogP contribution in [0.5, 0.6) is 5.88 Å². The largest absolute Gasteiger partial charge is 0.444 e. The predicted octanol–water partition coefficient (Wildman–Crippen LogP) is 0.491. The van der Waals surface area contributed by atoms with Gasteiger partial charge in [0.2, 0.25) is 33.7 Å². The first kappa shape index (κ1) is 28.0. The molecule has 1 aliphatic carbocycles. The molecule has 0 radical (unpaired) electrons. The van der Waals surface area contributed by atoms with Gasteiger partial charge >= 0.3 is 0 Å². The lowest BCUT2D eigenvalue weighted by Gasteiger charge is -2.26. The number of amides is 2. The summed E-state index contributed by atoms with van der Waals surface area (Å²) in [5.74, 6) is 0.499. The van der Waals surface area contributed by atoms with Crippen molar-refractivity contribution >= 4 is 27.8 Å². The fraction of sp³-hybridized carbons (Fsp3) is 0.600. The van der Waals surface area contributed by atoms with Crippen molar-refractivity contribution in [2.45, 2.75) is 43.4 Å². The minimum absolute atomic E-state index is 0.00251. The van der Waals surface area contributed by atoms with Crippen LogP contribution in [-0.2, 0) is 24.3 Å². The average Bonchev–Trinajstić information content (AvgIpc) is 3.66. The molecule has 2 aliphatic heterocycles. The lowest BCUT2D eigenvalue weighted by molar-refractivity contribution is -0.122. The summed E-state index contributed by atoms with van der Waals surface area (Å²) in [7, 11) is -3.57. The van der Waals surface area contributed by atoms with Crippen LogP contribution in [0.2, 0.25) is 0 Å². The number of anilines is 1. The Morgan fingerprint density at radius 2 is 2.08 bits per heavy atom. The van der Waals surface area contributed by atoms with E-state index in [-0.39, 0.29) is 24.2 Å². The number of sulfonamides is 1. The van der Waals surface area contributed by atoms with Crippen LogP contribution in [0.3, 0.4) is 0 Å². The van der Waals surface area contributed by atoms with Gasteiger partial charge in [-0.05, 0) is 31.6 Å². The van der Waals surface area contributed by atoms with Crippen LogP contribution in [0, 0.1) is 11.8 Å². The summed E-state index contributed by atoms with van der Waals surface area (Å²) in [5.41, 5.74) is 0. The van der Waals surface area contributed by atoms with Gasteiger partial charge in [-0.15, -0.1) is 6.58 Å². The topological polar surface area (TPSA) is 152 Å². The monoisotopic (exact) mass is 548 g/mol. The van der Waals surface area contributed by atoms with E-state index in [1.165, 1.54) is 0 Å². The van der Waals surface area contributed by atoms with Crippen LogP contribution in [0.25, 0.3) is 0 Å². The van der Waals surface area contributed by atoms with Gasteiger partial charge in [0.15, 0.2) is 0 Å². The molecule has 3 fully saturated rings. The van der Waals surface area contributed by atoms with Crippen molar-refractivity contribution < 1.29 is 27.5 Å². The van der Waals surface area contributed by atoms with E-state index in [4.69, 9.17) is 9.47 Å². The zero-order valence-corrected chi connectivity index (χ0v) is 22.2. The van der Waals surface area contributed by atoms with Gasteiger partial charge in [-0.1, -0.05) is 12.7 Å². The lowest BCUT2D eigenvalue weighted by atomic mass is 10.0. The SMILES string of the molecule is C=CC(CCNC(=O)[C@@H]1CC(C(=C)Oc2ccnc(N3CCOCC3)n2)CN1)CC(=O)NS(=O)(=O)C1CC1. The number of nitrogens with zero attached hydrogens (tertiary/aromatic N) is 3. The molecule has 2 saturated heterocycles. The highest BCUT2D eigenvalue weighted by Gasteiger charge is 2.37. The summed E-state index contributed by atoms with van der Waals surface area (Å²) >= 11 is 0. The van der Waals surface area contributed by atoms with Gasteiger partial charge in [-0.3, -0.25) is 14.3 Å². The van der Waals surface area contributed by atoms with Crippen LogP contribution < -0.4 is 25.0 Å². The van der Waals surface area contributed by atoms with E-state index in [1.807, 2.05) is 4.90 Å². The number of hydrogen-bond acceptors (Lipinski definition) is 10. The number of carbonyl (C=O) groups excluding carboxylic acids is 2. The van der Waals surface area contributed by atoms with E-state index in [9.17, 15) is 18.0 Å². The Bertz CT molecular complexity index is 1130. The molecule has 2 unspecified atom stereocenters. The van der Waals surface area contributed by atoms with E-state index >= 15 is 0 Å². The Hall–Kier alpha value is -3.03. The minimum atomic E-state index is -3.57. The predicted molar refractivity (Wildman–Crippen MR) is 141 cm³/mol. The smallest absolute Gasteiger partial charge is 0.237 e. The Kier molecular flexibility index (Phi) is 9.34.